The second kappa shape index (κ2) is 5.15. The van der Waals surface area contributed by atoms with Crippen molar-refractivity contribution < 1.29 is 0 Å². The predicted molar refractivity (Wildman–Crippen MR) is 82.7 cm³/mol. The maximum absolute atomic E-state index is 6.35. The minimum Gasteiger partial charge on any atom is -0.0813 e. The quantitative estimate of drug-likeness (QED) is 0.597. The van der Waals surface area contributed by atoms with Gasteiger partial charge in [0.05, 0.1) is 0 Å². The van der Waals surface area contributed by atoms with Gasteiger partial charge < -0.3 is 0 Å². The lowest BCUT2D eigenvalue weighted by molar-refractivity contribution is 1.62. The zero-order chi connectivity index (χ0) is 13.1. The van der Waals surface area contributed by atoms with Gasteiger partial charge in [0.15, 0.2) is 0 Å². The lowest BCUT2D eigenvalue weighted by Crippen LogP contribution is -2.10. The van der Waals surface area contributed by atoms with E-state index in [4.69, 9.17) is 7.85 Å². The zero-order valence-electron chi connectivity index (χ0n) is 10.6. The standard InChI is InChI=1S/C18H13B/c19-18-16(14-8-3-1-4-9-14)12-7-13-17(18)15-10-5-2-6-11-15/h1-13H. The normalized spacial score (nSPS) is 10.3. The highest BCUT2D eigenvalue weighted by molar-refractivity contribution is 6.39. The van der Waals surface area contributed by atoms with Crippen molar-refractivity contribution in [2.45, 2.75) is 0 Å². The molecule has 0 aliphatic heterocycles. The predicted octanol–water partition coefficient (Wildman–Crippen LogP) is 3.81. The van der Waals surface area contributed by atoms with Gasteiger partial charge >= 0.3 is 0 Å². The van der Waals surface area contributed by atoms with Crippen molar-refractivity contribution >= 4 is 13.3 Å². The van der Waals surface area contributed by atoms with E-state index < -0.39 is 0 Å². The summed E-state index contributed by atoms with van der Waals surface area (Å²) < 4.78 is 0. The van der Waals surface area contributed by atoms with Crippen LogP contribution in [-0.2, 0) is 0 Å². The summed E-state index contributed by atoms with van der Waals surface area (Å²) >= 11 is 0. The molecule has 2 radical (unpaired) electrons. The van der Waals surface area contributed by atoms with Crippen molar-refractivity contribution in [3.05, 3.63) is 78.9 Å². The molecule has 0 aliphatic carbocycles. The van der Waals surface area contributed by atoms with Gasteiger partial charge in [-0.25, -0.2) is 0 Å². The van der Waals surface area contributed by atoms with Crippen LogP contribution in [0, 0.1) is 0 Å². The highest BCUT2D eigenvalue weighted by Gasteiger charge is 2.06. The largest absolute Gasteiger partial charge is 0.115 e. The Morgan fingerprint density at radius 2 is 0.895 bits per heavy atom. The smallest absolute Gasteiger partial charge is 0.0813 e. The van der Waals surface area contributed by atoms with Gasteiger partial charge in [-0.15, -0.1) is 0 Å². The van der Waals surface area contributed by atoms with E-state index in [1.807, 2.05) is 36.4 Å². The molecule has 0 bridgehead atoms. The summed E-state index contributed by atoms with van der Waals surface area (Å²) in [5.74, 6) is 0. The molecule has 0 N–H and O–H groups in total. The third-order valence-corrected chi connectivity index (χ3v) is 3.28. The lowest BCUT2D eigenvalue weighted by Gasteiger charge is -2.12. The Balaban J connectivity index is 2.15. The third kappa shape index (κ3) is 2.32. The molecule has 0 saturated carbocycles. The zero-order valence-corrected chi connectivity index (χ0v) is 10.6. The summed E-state index contributed by atoms with van der Waals surface area (Å²) in [4.78, 5) is 0. The minimum absolute atomic E-state index is 0.833. The van der Waals surface area contributed by atoms with E-state index in [0.29, 0.717) is 0 Å². The van der Waals surface area contributed by atoms with Crippen molar-refractivity contribution in [2.75, 3.05) is 0 Å². The molecule has 0 fully saturated rings. The van der Waals surface area contributed by atoms with Gasteiger partial charge in [0, 0.05) is 0 Å². The molecule has 3 aromatic rings. The number of hydrogen-bond donors (Lipinski definition) is 0. The Hall–Kier alpha value is -2.28. The molecule has 3 aromatic carbocycles. The first-order valence-corrected chi connectivity index (χ1v) is 6.35. The van der Waals surface area contributed by atoms with E-state index in [2.05, 4.69) is 42.5 Å². The van der Waals surface area contributed by atoms with Gasteiger partial charge in [0.1, 0.15) is 7.85 Å². The summed E-state index contributed by atoms with van der Waals surface area (Å²) in [6.45, 7) is 0. The fourth-order valence-electron chi connectivity index (χ4n) is 2.30. The average Bonchev–Trinajstić information content (AvgIpc) is 2.49. The topological polar surface area (TPSA) is 0 Å². The molecule has 88 valence electrons. The Morgan fingerprint density at radius 3 is 1.32 bits per heavy atom. The van der Waals surface area contributed by atoms with Gasteiger partial charge in [-0.3, -0.25) is 0 Å². The van der Waals surface area contributed by atoms with Crippen molar-refractivity contribution in [2.24, 2.45) is 0 Å². The summed E-state index contributed by atoms with van der Waals surface area (Å²) in [5.41, 5.74) is 5.30. The molecule has 0 unspecified atom stereocenters. The van der Waals surface area contributed by atoms with Gasteiger partial charge in [0.2, 0.25) is 0 Å². The molecule has 0 amide bonds. The molecule has 0 atom stereocenters. The van der Waals surface area contributed by atoms with E-state index in [1.165, 1.54) is 0 Å². The first-order chi connectivity index (χ1) is 9.36. The van der Waals surface area contributed by atoms with Gasteiger partial charge in [0.25, 0.3) is 0 Å². The van der Waals surface area contributed by atoms with Crippen LogP contribution in [0.3, 0.4) is 0 Å². The van der Waals surface area contributed by atoms with Crippen molar-refractivity contribution in [3.8, 4) is 22.3 Å². The molecule has 3 rings (SSSR count). The van der Waals surface area contributed by atoms with Crippen LogP contribution >= 0.6 is 0 Å². The Morgan fingerprint density at radius 1 is 0.474 bits per heavy atom. The first-order valence-electron chi connectivity index (χ1n) is 6.35. The molecule has 1 heteroatoms. The molecule has 0 spiro atoms. The number of hydrogen-bond acceptors (Lipinski definition) is 0. The number of rotatable bonds is 2. The van der Waals surface area contributed by atoms with E-state index >= 15 is 0 Å². The van der Waals surface area contributed by atoms with Crippen LogP contribution < -0.4 is 5.46 Å². The second-order valence-corrected chi connectivity index (χ2v) is 4.50. The Labute approximate surface area is 115 Å². The molecule has 0 saturated heterocycles. The van der Waals surface area contributed by atoms with E-state index in [-0.39, 0.29) is 0 Å². The van der Waals surface area contributed by atoms with Crippen LogP contribution in [0.4, 0.5) is 0 Å². The first kappa shape index (κ1) is 11.8. The summed E-state index contributed by atoms with van der Waals surface area (Å²) in [6.07, 6.45) is 0. The lowest BCUT2D eigenvalue weighted by atomic mass is 9.81. The SMILES string of the molecule is [B]c1c(-c2ccccc2)cccc1-c1ccccc1. The number of benzene rings is 3. The van der Waals surface area contributed by atoms with E-state index in [9.17, 15) is 0 Å². The van der Waals surface area contributed by atoms with Crippen LogP contribution in [-0.4, -0.2) is 7.85 Å². The maximum Gasteiger partial charge on any atom is 0.115 e. The average molecular weight is 240 g/mol. The van der Waals surface area contributed by atoms with Gasteiger partial charge in [-0.1, -0.05) is 84.3 Å². The van der Waals surface area contributed by atoms with E-state index in [0.717, 1.165) is 27.7 Å². The highest BCUT2D eigenvalue weighted by Crippen LogP contribution is 2.23. The molecule has 0 aromatic heterocycles. The third-order valence-electron chi connectivity index (χ3n) is 3.28. The molecule has 0 aliphatic rings. The Kier molecular flexibility index (Phi) is 3.20. The van der Waals surface area contributed by atoms with Gasteiger partial charge in [-0.2, -0.15) is 0 Å². The van der Waals surface area contributed by atoms with Crippen LogP contribution in [0.15, 0.2) is 78.9 Å². The van der Waals surface area contributed by atoms with Crippen molar-refractivity contribution in [1.29, 1.82) is 0 Å². The van der Waals surface area contributed by atoms with Crippen LogP contribution in [0.1, 0.15) is 0 Å². The monoisotopic (exact) mass is 240 g/mol. The van der Waals surface area contributed by atoms with Crippen molar-refractivity contribution in [1.82, 2.24) is 0 Å². The molecule has 0 nitrogen and oxygen atoms in total. The summed E-state index contributed by atoms with van der Waals surface area (Å²) in [7, 11) is 6.35. The van der Waals surface area contributed by atoms with Crippen LogP contribution in [0.5, 0.6) is 0 Å². The molecular formula is C18H13B. The van der Waals surface area contributed by atoms with Crippen LogP contribution in [0.25, 0.3) is 22.3 Å². The molecule has 0 heterocycles. The fourth-order valence-corrected chi connectivity index (χ4v) is 2.30. The van der Waals surface area contributed by atoms with Gasteiger partial charge in [-0.05, 0) is 22.3 Å². The molecular weight excluding hydrogens is 227 g/mol. The van der Waals surface area contributed by atoms with Crippen molar-refractivity contribution in [3.63, 3.8) is 0 Å². The second-order valence-electron chi connectivity index (χ2n) is 4.50. The van der Waals surface area contributed by atoms with E-state index in [1.54, 1.807) is 0 Å². The van der Waals surface area contributed by atoms with Crippen LogP contribution in [0.2, 0.25) is 0 Å². The highest BCUT2D eigenvalue weighted by atomic mass is 14.1. The summed E-state index contributed by atoms with van der Waals surface area (Å²) in [5, 5.41) is 0. The summed E-state index contributed by atoms with van der Waals surface area (Å²) in [6, 6.07) is 26.7. The maximum atomic E-state index is 6.35. The molecule has 19 heavy (non-hydrogen) atoms. The minimum atomic E-state index is 0.833. The Bertz CT molecular complexity index is 615. The fraction of sp³-hybridized carbons (Fsp3) is 0.